The number of ether oxygens (including phenoxy) is 1. The zero-order valence-electron chi connectivity index (χ0n) is 9.61. The van der Waals surface area contributed by atoms with Crippen LogP contribution in [0, 0.1) is 5.92 Å². The molecular formula is C11H21NO3. The van der Waals surface area contributed by atoms with Crippen molar-refractivity contribution in [3.05, 3.63) is 0 Å². The predicted molar refractivity (Wildman–Crippen MR) is 57.5 cm³/mol. The number of piperidine rings is 1. The molecule has 1 N–H and O–H groups in total. The molecule has 0 spiro atoms. The molecule has 1 saturated heterocycles. The Balaban J connectivity index is 2.15. The Bertz CT molecular complexity index is 198. The highest BCUT2D eigenvalue weighted by Gasteiger charge is 2.19. The van der Waals surface area contributed by atoms with Gasteiger partial charge in [0.25, 0.3) is 0 Å². The van der Waals surface area contributed by atoms with Crippen LogP contribution in [-0.2, 0) is 9.53 Å². The van der Waals surface area contributed by atoms with Gasteiger partial charge in [-0.2, -0.15) is 0 Å². The molecule has 0 aliphatic carbocycles. The van der Waals surface area contributed by atoms with Gasteiger partial charge in [-0.25, -0.2) is 0 Å². The molecule has 0 atom stereocenters. The number of carbonyl (C=O) groups excluding carboxylic acids is 1. The van der Waals surface area contributed by atoms with Crippen molar-refractivity contribution in [2.45, 2.75) is 32.8 Å². The Morgan fingerprint density at radius 3 is 2.60 bits per heavy atom. The van der Waals surface area contributed by atoms with E-state index < -0.39 is 0 Å². The van der Waals surface area contributed by atoms with E-state index >= 15 is 0 Å². The lowest BCUT2D eigenvalue weighted by Gasteiger charge is -2.28. The Labute approximate surface area is 91.2 Å². The van der Waals surface area contributed by atoms with Crippen molar-refractivity contribution in [3.8, 4) is 0 Å². The van der Waals surface area contributed by atoms with Gasteiger partial charge >= 0.3 is 5.97 Å². The summed E-state index contributed by atoms with van der Waals surface area (Å²) in [6, 6.07) is 0. The first-order valence-corrected chi connectivity index (χ1v) is 5.64. The van der Waals surface area contributed by atoms with Crippen molar-refractivity contribution in [1.82, 2.24) is 4.90 Å². The highest BCUT2D eigenvalue weighted by molar-refractivity contribution is 5.71. The summed E-state index contributed by atoms with van der Waals surface area (Å²) in [5.41, 5.74) is 0. The smallest absolute Gasteiger partial charge is 0.320 e. The predicted octanol–water partition coefficient (Wildman–Crippen LogP) is 0.642. The number of likely N-dealkylation sites (tertiary alicyclic amines) is 1. The highest BCUT2D eigenvalue weighted by atomic mass is 16.5. The van der Waals surface area contributed by atoms with E-state index in [4.69, 9.17) is 4.74 Å². The first-order valence-electron chi connectivity index (χ1n) is 5.64. The fourth-order valence-corrected chi connectivity index (χ4v) is 1.57. The largest absolute Gasteiger partial charge is 0.464 e. The van der Waals surface area contributed by atoms with Crippen LogP contribution in [0.3, 0.4) is 0 Å². The van der Waals surface area contributed by atoms with E-state index in [9.17, 15) is 9.90 Å². The molecule has 1 aliphatic heterocycles. The number of hydrogen-bond donors (Lipinski definition) is 1. The van der Waals surface area contributed by atoms with Crippen molar-refractivity contribution < 1.29 is 14.6 Å². The molecule has 0 saturated carbocycles. The van der Waals surface area contributed by atoms with Crippen molar-refractivity contribution in [1.29, 1.82) is 0 Å². The summed E-state index contributed by atoms with van der Waals surface area (Å²) in [7, 11) is 0. The fourth-order valence-electron chi connectivity index (χ4n) is 1.57. The van der Waals surface area contributed by atoms with E-state index in [1.54, 1.807) is 0 Å². The summed E-state index contributed by atoms with van der Waals surface area (Å²) in [6.07, 6.45) is 1.34. The van der Waals surface area contributed by atoms with Gasteiger partial charge in [0.05, 0.1) is 19.3 Å². The Morgan fingerprint density at radius 1 is 1.47 bits per heavy atom. The molecule has 88 valence electrons. The average Bonchev–Trinajstić information content (AvgIpc) is 2.19. The average molecular weight is 215 g/mol. The van der Waals surface area contributed by atoms with Crippen LogP contribution in [-0.4, -0.2) is 48.3 Å². The second-order valence-corrected chi connectivity index (χ2v) is 4.58. The molecular weight excluding hydrogens is 194 g/mol. The van der Waals surface area contributed by atoms with Gasteiger partial charge < -0.3 is 9.84 Å². The minimum Gasteiger partial charge on any atom is -0.464 e. The van der Waals surface area contributed by atoms with Crippen LogP contribution in [0.1, 0.15) is 26.7 Å². The van der Waals surface area contributed by atoms with Crippen molar-refractivity contribution >= 4 is 5.97 Å². The normalized spacial score (nSPS) is 19.5. The molecule has 0 radical (unpaired) electrons. The SMILES string of the molecule is CC(C)COC(=O)CN1CCC(O)CC1. The van der Waals surface area contributed by atoms with Crippen molar-refractivity contribution in [3.63, 3.8) is 0 Å². The van der Waals surface area contributed by atoms with Gasteiger partial charge in [0, 0.05) is 13.1 Å². The molecule has 0 aromatic carbocycles. The second-order valence-electron chi connectivity index (χ2n) is 4.58. The van der Waals surface area contributed by atoms with Gasteiger partial charge in [-0.1, -0.05) is 13.8 Å². The molecule has 1 aliphatic rings. The lowest BCUT2D eigenvalue weighted by Crippen LogP contribution is -2.39. The fraction of sp³-hybridized carbons (Fsp3) is 0.909. The van der Waals surface area contributed by atoms with E-state index in [1.807, 2.05) is 18.7 Å². The van der Waals surface area contributed by atoms with Crippen LogP contribution in [0.15, 0.2) is 0 Å². The molecule has 0 unspecified atom stereocenters. The molecule has 0 aromatic heterocycles. The van der Waals surface area contributed by atoms with Gasteiger partial charge in [-0.15, -0.1) is 0 Å². The molecule has 1 rings (SSSR count). The minimum absolute atomic E-state index is 0.153. The van der Waals surface area contributed by atoms with Crippen LogP contribution in [0.2, 0.25) is 0 Å². The summed E-state index contributed by atoms with van der Waals surface area (Å²) < 4.78 is 5.09. The van der Waals surface area contributed by atoms with Crippen molar-refractivity contribution in [2.75, 3.05) is 26.2 Å². The number of hydrogen-bond acceptors (Lipinski definition) is 4. The molecule has 4 heteroatoms. The molecule has 0 aromatic rings. The van der Waals surface area contributed by atoms with E-state index in [0.29, 0.717) is 19.1 Å². The van der Waals surface area contributed by atoms with Crippen LogP contribution >= 0.6 is 0 Å². The Hall–Kier alpha value is -0.610. The minimum atomic E-state index is -0.187. The van der Waals surface area contributed by atoms with Crippen LogP contribution in [0.25, 0.3) is 0 Å². The summed E-state index contributed by atoms with van der Waals surface area (Å²) in [6.45, 7) is 6.47. The maximum Gasteiger partial charge on any atom is 0.320 e. The van der Waals surface area contributed by atoms with Gasteiger partial charge in [-0.05, 0) is 18.8 Å². The van der Waals surface area contributed by atoms with Crippen LogP contribution in [0.5, 0.6) is 0 Å². The maximum atomic E-state index is 11.4. The molecule has 1 heterocycles. The van der Waals surface area contributed by atoms with Crippen molar-refractivity contribution in [2.24, 2.45) is 5.92 Å². The maximum absolute atomic E-state index is 11.4. The standard InChI is InChI=1S/C11H21NO3/c1-9(2)8-15-11(14)7-12-5-3-10(13)4-6-12/h9-10,13H,3-8H2,1-2H3. The highest BCUT2D eigenvalue weighted by Crippen LogP contribution is 2.09. The zero-order chi connectivity index (χ0) is 11.3. The molecule has 0 bridgehead atoms. The lowest BCUT2D eigenvalue weighted by atomic mass is 10.1. The number of aliphatic hydroxyl groups excluding tert-OH is 1. The topological polar surface area (TPSA) is 49.8 Å². The summed E-state index contributed by atoms with van der Waals surface area (Å²) in [5, 5.41) is 9.29. The van der Waals surface area contributed by atoms with E-state index in [1.165, 1.54) is 0 Å². The molecule has 0 amide bonds. The lowest BCUT2D eigenvalue weighted by molar-refractivity contribution is -0.146. The monoisotopic (exact) mass is 215 g/mol. The van der Waals surface area contributed by atoms with Crippen LogP contribution in [0.4, 0.5) is 0 Å². The number of nitrogens with zero attached hydrogens (tertiary/aromatic N) is 1. The number of rotatable bonds is 4. The Morgan fingerprint density at radius 2 is 2.07 bits per heavy atom. The number of carbonyl (C=O) groups is 1. The van der Waals surface area contributed by atoms with E-state index in [0.717, 1.165) is 25.9 Å². The van der Waals surface area contributed by atoms with Gasteiger partial charge in [0.2, 0.25) is 0 Å². The van der Waals surface area contributed by atoms with Gasteiger partial charge in [0.15, 0.2) is 0 Å². The molecule has 1 fully saturated rings. The summed E-state index contributed by atoms with van der Waals surface area (Å²) in [4.78, 5) is 13.4. The molecule has 15 heavy (non-hydrogen) atoms. The second kappa shape index (κ2) is 6.08. The van der Waals surface area contributed by atoms with E-state index in [2.05, 4.69) is 0 Å². The first-order chi connectivity index (χ1) is 7.08. The first kappa shape index (κ1) is 12.5. The summed E-state index contributed by atoms with van der Waals surface area (Å²) >= 11 is 0. The third-order valence-electron chi connectivity index (χ3n) is 2.49. The van der Waals surface area contributed by atoms with Gasteiger partial charge in [0.1, 0.15) is 0 Å². The zero-order valence-corrected chi connectivity index (χ0v) is 9.61. The summed E-state index contributed by atoms with van der Waals surface area (Å²) in [5.74, 6) is 0.234. The van der Waals surface area contributed by atoms with Crippen LogP contribution < -0.4 is 0 Å². The Kier molecular flexibility index (Phi) is 5.05. The number of esters is 1. The van der Waals surface area contributed by atoms with Gasteiger partial charge in [-0.3, -0.25) is 9.69 Å². The molecule has 4 nitrogen and oxygen atoms in total. The van der Waals surface area contributed by atoms with E-state index in [-0.39, 0.29) is 12.1 Å². The number of aliphatic hydroxyl groups is 1. The third-order valence-corrected chi connectivity index (χ3v) is 2.49. The third kappa shape index (κ3) is 5.14. The quantitative estimate of drug-likeness (QED) is 0.699.